The Kier molecular flexibility index (Phi) is 14.6. The van der Waals surface area contributed by atoms with Gasteiger partial charge < -0.3 is 5.21 Å². The molecule has 1 N–H and O–H groups in total. The topological polar surface area (TPSA) is 32.6 Å². The molecule has 2 heteroatoms. The lowest BCUT2D eigenvalue weighted by Gasteiger charge is -2.37. The van der Waals surface area contributed by atoms with Crippen molar-refractivity contribution < 1.29 is 5.21 Å². The average molecular weight is 596 g/mol. The Labute approximate surface area is 270 Å². The predicted molar refractivity (Wildman–Crippen MR) is 195 cm³/mol. The Morgan fingerprint density at radius 3 is 2.00 bits per heavy atom. The predicted octanol–water partition coefficient (Wildman–Crippen LogP) is 12.8. The van der Waals surface area contributed by atoms with E-state index in [4.69, 9.17) is 0 Å². The molecule has 2 aliphatic carbocycles. The van der Waals surface area contributed by atoms with Gasteiger partial charge in [-0.25, -0.2) is 0 Å². The van der Waals surface area contributed by atoms with Gasteiger partial charge in [-0.3, -0.25) is 0 Å². The van der Waals surface area contributed by atoms with Crippen LogP contribution in [0.3, 0.4) is 0 Å². The molecule has 0 aromatic heterocycles. The van der Waals surface area contributed by atoms with Crippen LogP contribution >= 0.6 is 0 Å². The molecular formula is C42H61NO. The monoisotopic (exact) mass is 595 g/mol. The highest BCUT2D eigenvalue weighted by Crippen LogP contribution is 2.43. The first-order valence-corrected chi connectivity index (χ1v) is 16.7. The first-order chi connectivity index (χ1) is 20.7. The van der Waals surface area contributed by atoms with Gasteiger partial charge in [-0.05, 0) is 96.0 Å². The van der Waals surface area contributed by atoms with Crippen molar-refractivity contribution in [3.8, 4) is 0 Å². The summed E-state index contributed by atoms with van der Waals surface area (Å²) in [7, 11) is 0. The zero-order valence-corrected chi connectivity index (χ0v) is 29.8. The van der Waals surface area contributed by atoms with Gasteiger partial charge in [-0.1, -0.05) is 159 Å². The molecule has 2 nitrogen and oxygen atoms in total. The van der Waals surface area contributed by atoms with Crippen molar-refractivity contribution in [2.75, 3.05) is 0 Å². The van der Waals surface area contributed by atoms with Crippen LogP contribution in [0, 0.1) is 22.7 Å². The van der Waals surface area contributed by atoms with Crippen LogP contribution in [-0.4, -0.2) is 10.9 Å². The Morgan fingerprint density at radius 2 is 1.39 bits per heavy atom. The number of hydrogen-bond acceptors (Lipinski definition) is 2. The van der Waals surface area contributed by atoms with Crippen molar-refractivity contribution >= 4 is 5.71 Å². The molecule has 1 saturated carbocycles. The van der Waals surface area contributed by atoms with Gasteiger partial charge in [0, 0.05) is 5.92 Å². The molecule has 0 radical (unpaired) electrons. The van der Waals surface area contributed by atoms with Gasteiger partial charge in [-0.2, -0.15) is 0 Å². The van der Waals surface area contributed by atoms with E-state index in [0.29, 0.717) is 17.0 Å². The van der Waals surface area contributed by atoms with Crippen LogP contribution < -0.4 is 0 Å². The molecule has 1 fully saturated rings. The summed E-state index contributed by atoms with van der Waals surface area (Å²) in [5.41, 5.74) is 10.5. The zero-order chi connectivity index (χ0) is 32.9. The maximum atomic E-state index is 9.50. The van der Waals surface area contributed by atoms with Crippen molar-refractivity contribution in [3.05, 3.63) is 118 Å². The Morgan fingerprint density at radius 1 is 0.795 bits per heavy atom. The molecule has 44 heavy (non-hydrogen) atoms. The van der Waals surface area contributed by atoms with Crippen LogP contribution in [0.4, 0.5) is 0 Å². The third-order valence-corrected chi connectivity index (χ3v) is 9.42. The second-order valence-corrected chi connectivity index (χ2v) is 14.6. The number of oxime groups is 1. The zero-order valence-electron chi connectivity index (χ0n) is 29.8. The minimum atomic E-state index is -0.0838. The molecule has 0 aromatic carbocycles. The maximum Gasteiger partial charge on any atom is 0.0646 e. The second kappa shape index (κ2) is 17.4. The lowest BCUT2D eigenvalue weighted by molar-refractivity contribution is 0.290. The minimum Gasteiger partial charge on any atom is -0.411 e. The average Bonchev–Trinajstić information content (AvgIpc) is 2.93. The maximum absolute atomic E-state index is 9.50. The highest BCUT2D eigenvalue weighted by atomic mass is 16.4. The van der Waals surface area contributed by atoms with Crippen LogP contribution in [0.5, 0.6) is 0 Å². The normalized spacial score (nSPS) is 24.6. The Bertz CT molecular complexity index is 1320. The quantitative estimate of drug-likeness (QED) is 0.110. The van der Waals surface area contributed by atoms with Crippen molar-refractivity contribution in [3.63, 3.8) is 0 Å². The molecular weight excluding hydrogens is 534 g/mol. The van der Waals surface area contributed by atoms with Crippen LogP contribution in [0.2, 0.25) is 0 Å². The minimum absolute atomic E-state index is 0.0838. The summed E-state index contributed by atoms with van der Waals surface area (Å²) in [6.45, 7) is 24.5. The van der Waals surface area contributed by atoms with E-state index in [1.165, 1.54) is 60.8 Å². The molecule has 0 aliphatic heterocycles. The number of hydrogen-bond donors (Lipinski definition) is 1. The van der Waals surface area contributed by atoms with E-state index in [0.717, 1.165) is 11.1 Å². The van der Waals surface area contributed by atoms with E-state index in [2.05, 4.69) is 153 Å². The smallest absolute Gasteiger partial charge is 0.0646 e. The van der Waals surface area contributed by atoms with E-state index < -0.39 is 0 Å². The number of rotatable bonds is 11. The van der Waals surface area contributed by atoms with Gasteiger partial charge in [0.15, 0.2) is 0 Å². The van der Waals surface area contributed by atoms with E-state index >= 15 is 0 Å². The van der Waals surface area contributed by atoms with Gasteiger partial charge in [-0.15, -0.1) is 0 Å². The van der Waals surface area contributed by atoms with E-state index in [9.17, 15) is 5.21 Å². The standard InChI is InChI=1S/C42H61NO/c1-31(16-12-17-32(2)23-26-39-35(5)20-14-28-41(39,8)9)22-25-38(37(7)43-44)30-34(4)19-13-18-33(3)24-27-40-36(6)21-15-29-42(40,10)11/h12-13,16-19,22-27,30,35,38,44H,14-15,20-21,28-29H2,1-11H3/b17-12+,19-13+,25-22+,27-24+,31-16+,32-23+,33-18+,34-30+,39-26+,43-37+. The number of nitrogens with zero attached hydrogens (tertiary/aromatic N) is 1. The highest BCUT2D eigenvalue weighted by Gasteiger charge is 2.30. The third kappa shape index (κ3) is 12.1. The van der Waals surface area contributed by atoms with Gasteiger partial charge in [0.1, 0.15) is 0 Å². The van der Waals surface area contributed by atoms with Crippen molar-refractivity contribution in [2.24, 2.45) is 27.8 Å². The van der Waals surface area contributed by atoms with Gasteiger partial charge in [0.25, 0.3) is 0 Å². The van der Waals surface area contributed by atoms with Crippen LogP contribution in [-0.2, 0) is 0 Å². The first kappa shape index (κ1) is 37.1. The summed E-state index contributed by atoms with van der Waals surface area (Å²) < 4.78 is 0. The van der Waals surface area contributed by atoms with Gasteiger partial charge >= 0.3 is 0 Å². The van der Waals surface area contributed by atoms with E-state index in [1.54, 1.807) is 5.57 Å². The second-order valence-electron chi connectivity index (χ2n) is 14.6. The lowest BCUT2D eigenvalue weighted by Crippen LogP contribution is -2.24. The van der Waals surface area contributed by atoms with Crippen LogP contribution in [0.25, 0.3) is 0 Å². The summed E-state index contributed by atoms with van der Waals surface area (Å²) in [6.07, 6.45) is 35.9. The molecule has 0 spiro atoms. The molecule has 2 aliphatic rings. The van der Waals surface area contributed by atoms with Crippen molar-refractivity contribution in [1.29, 1.82) is 0 Å². The van der Waals surface area contributed by atoms with Crippen molar-refractivity contribution in [2.45, 2.75) is 115 Å². The third-order valence-electron chi connectivity index (χ3n) is 9.42. The number of allylic oxidation sites excluding steroid dienone is 20. The first-order valence-electron chi connectivity index (χ1n) is 16.7. The summed E-state index contributed by atoms with van der Waals surface area (Å²) >= 11 is 0. The largest absolute Gasteiger partial charge is 0.411 e. The molecule has 0 aromatic rings. The summed E-state index contributed by atoms with van der Waals surface area (Å²) in [4.78, 5) is 0. The molecule has 0 amide bonds. The molecule has 0 heterocycles. The fraction of sp³-hybridized carbons (Fsp3) is 0.500. The SMILES string of the molecule is CC1=C(/C=C/C(C)=C/C=C/C(C)=C/C(/C=C/C(C)=C/C=C/C(C)=C/C=C2\C(C)CCCC2(C)C)/C(C)=N/O)C(C)(C)CCC1. The van der Waals surface area contributed by atoms with Gasteiger partial charge in [0.05, 0.1) is 5.71 Å². The van der Waals surface area contributed by atoms with E-state index in [1.807, 2.05) is 6.92 Å². The summed E-state index contributed by atoms with van der Waals surface area (Å²) in [5.74, 6) is 0.578. The fourth-order valence-corrected chi connectivity index (χ4v) is 6.50. The highest BCUT2D eigenvalue weighted by molar-refractivity contribution is 5.87. The molecule has 0 bridgehead atoms. The summed E-state index contributed by atoms with van der Waals surface area (Å²) in [5, 5.41) is 13.0. The van der Waals surface area contributed by atoms with Gasteiger partial charge in [0.2, 0.25) is 0 Å². The molecule has 240 valence electrons. The molecule has 0 saturated heterocycles. The van der Waals surface area contributed by atoms with E-state index in [-0.39, 0.29) is 11.3 Å². The van der Waals surface area contributed by atoms with Crippen LogP contribution in [0.1, 0.15) is 115 Å². The lowest BCUT2D eigenvalue weighted by atomic mass is 9.68. The Hall–Kier alpha value is -3.13. The molecule has 2 unspecified atom stereocenters. The van der Waals surface area contributed by atoms with Crippen molar-refractivity contribution in [1.82, 2.24) is 0 Å². The summed E-state index contributed by atoms with van der Waals surface area (Å²) in [6, 6.07) is 0. The van der Waals surface area contributed by atoms with Crippen LogP contribution in [0.15, 0.2) is 123 Å². The fourth-order valence-electron chi connectivity index (χ4n) is 6.50. The Balaban J connectivity index is 2.07. The molecule has 2 atom stereocenters. The molecule has 2 rings (SSSR count).